The van der Waals surface area contributed by atoms with E-state index in [4.69, 9.17) is 10.00 Å². The van der Waals surface area contributed by atoms with Gasteiger partial charge in [0.25, 0.3) is 0 Å². The van der Waals surface area contributed by atoms with Crippen molar-refractivity contribution < 1.29 is 9.13 Å². The summed E-state index contributed by atoms with van der Waals surface area (Å²) >= 11 is 0. The molecule has 0 spiro atoms. The molecule has 92 valence electrons. The summed E-state index contributed by atoms with van der Waals surface area (Å²) in [5.41, 5.74) is 0.955. The molecule has 0 fully saturated rings. The second kappa shape index (κ2) is 6.87. The molecule has 4 heteroatoms. The first-order chi connectivity index (χ1) is 8.13. The molecule has 1 rings (SSSR count). The predicted octanol–water partition coefficient (Wildman–Crippen LogP) is 2.78. The zero-order chi connectivity index (χ0) is 12.7. The van der Waals surface area contributed by atoms with Gasteiger partial charge in [0.15, 0.2) is 0 Å². The lowest BCUT2D eigenvalue weighted by atomic mass is 10.2. The Kier molecular flexibility index (Phi) is 5.44. The average molecular weight is 236 g/mol. The Morgan fingerprint density at radius 2 is 2.24 bits per heavy atom. The third kappa shape index (κ3) is 4.83. The van der Waals surface area contributed by atoms with Gasteiger partial charge in [-0.1, -0.05) is 13.8 Å². The van der Waals surface area contributed by atoms with Crippen LogP contribution in [0.25, 0.3) is 0 Å². The number of benzene rings is 1. The molecule has 17 heavy (non-hydrogen) atoms. The standard InChI is InChI=1S/C13H17FN2O/c1-10(2)9-17-6-5-16-13-4-3-12(14)7-11(13)8-15/h3-4,7,10,16H,5-6,9H2,1-2H3. The maximum absolute atomic E-state index is 12.9. The number of hydrogen-bond acceptors (Lipinski definition) is 3. The lowest BCUT2D eigenvalue weighted by Crippen LogP contribution is -2.12. The summed E-state index contributed by atoms with van der Waals surface area (Å²) in [5, 5.41) is 11.9. The van der Waals surface area contributed by atoms with Crippen molar-refractivity contribution in [3.8, 4) is 6.07 Å². The van der Waals surface area contributed by atoms with Gasteiger partial charge in [0.1, 0.15) is 11.9 Å². The lowest BCUT2D eigenvalue weighted by Gasteiger charge is -2.10. The van der Waals surface area contributed by atoms with Crippen LogP contribution in [0, 0.1) is 23.1 Å². The molecule has 0 bridgehead atoms. The Labute approximate surface area is 101 Å². The SMILES string of the molecule is CC(C)COCCNc1ccc(F)cc1C#N. The molecule has 1 aromatic rings. The van der Waals surface area contributed by atoms with Gasteiger partial charge >= 0.3 is 0 Å². The Balaban J connectivity index is 2.39. The zero-order valence-electron chi connectivity index (χ0n) is 10.2. The second-order valence-corrected chi connectivity index (χ2v) is 4.20. The van der Waals surface area contributed by atoms with E-state index in [1.54, 1.807) is 6.07 Å². The molecule has 3 nitrogen and oxygen atoms in total. The van der Waals surface area contributed by atoms with Gasteiger partial charge in [0.05, 0.1) is 17.9 Å². The topological polar surface area (TPSA) is 45.0 Å². The van der Waals surface area contributed by atoms with Gasteiger partial charge in [-0.25, -0.2) is 4.39 Å². The van der Waals surface area contributed by atoms with E-state index < -0.39 is 5.82 Å². The monoisotopic (exact) mass is 236 g/mol. The van der Waals surface area contributed by atoms with Crippen molar-refractivity contribution in [2.45, 2.75) is 13.8 Å². The quantitative estimate of drug-likeness (QED) is 0.772. The molecule has 0 aromatic heterocycles. The first kappa shape index (κ1) is 13.5. The first-order valence-electron chi connectivity index (χ1n) is 5.64. The molecule has 0 saturated carbocycles. The maximum atomic E-state index is 12.9. The van der Waals surface area contributed by atoms with E-state index in [-0.39, 0.29) is 0 Å². The fourth-order valence-electron chi connectivity index (χ4n) is 1.34. The highest BCUT2D eigenvalue weighted by molar-refractivity contribution is 5.57. The van der Waals surface area contributed by atoms with Gasteiger partial charge in [-0.05, 0) is 24.1 Å². The fraction of sp³-hybridized carbons (Fsp3) is 0.462. The molecule has 0 radical (unpaired) electrons. The van der Waals surface area contributed by atoms with Gasteiger partial charge in [0.2, 0.25) is 0 Å². The van der Waals surface area contributed by atoms with Crippen LogP contribution >= 0.6 is 0 Å². The van der Waals surface area contributed by atoms with Crippen LogP contribution in [0.4, 0.5) is 10.1 Å². The number of nitrogens with zero attached hydrogens (tertiary/aromatic N) is 1. The Morgan fingerprint density at radius 3 is 2.88 bits per heavy atom. The van der Waals surface area contributed by atoms with E-state index in [0.717, 1.165) is 6.61 Å². The number of halogens is 1. The molecule has 0 aliphatic rings. The van der Waals surface area contributed by atoms with E-state index in [1.165, 1.54) is 12.1 Å². The number of anilines is 1. The molecule has 0 heterocycles. The summed E-state index contributed by atoms with van der Waals surface area (Å²) < 4.78 is 18.3. The third-order valence-electron chi connectivity index (χ3n) is 2.12. The highest BCUT2D eigenvalue weighted by atomic mass is 19.1. The van der Waals surface area contributed by atoms with Crippen LogP contribution in [0.15, 0.2) is 18.2 Å². The van der Waals surface area contributed by atoms with Crippen molar-refractivity contribution in [2.75, 3.05) is 25.1 Å². The summed E-state index contributed by atoms with van der Waals surface area (Å²) in [4.78, 5) is 0. The minimum Gasteiger partial charge on any atom is -0.382 e. The summed E-state index contributed by atoms with van der Waals surface area (Å²) in [7, 11) is 0. The van der Waals surface area contributed by atoms with Crippen LogP contribution in [0.2, 0.25) is 0 Å². The minimum absolute atomic E-state index is 0.314. The molecule has 1 N–H and O–H groups in total. The largest absolute Gasteiger partial charge is 0.382 e. The van der Waals surface area contributed by atoms with Gasteiger partial charge in [-0.3, -0.25) is 0 Å². The zero-order valence-corrected chi connectivity index (χ0v) is 10.2. The van der Waals surface area contributed by atoms with Crippen LogP contribution < -0.4 is 5.32 Å². The highest BCUT2D eigenvalue weighted by Crippen LogP contribution is 2.15. The van der Waals surface area contributed by atoms with Gasteiger partial charge in [-0.15, -0.1) is 0 Å². The Bertz CT molecular complexity index is 399. The third-order valence-corrected chi connectivity index (χ3v) is 2.12. The van der Waals surface area contributed by atoms with Crippen molar-refractivity contribution >= 4 is 5.69 Å². The molecule has 0 amide bonds. The van der Waals surface area contributed by atoms with E-state index in [1.807, 2.05) is 6.07 Å². The predicted molar refractivity (Wildman–Crippen MR) is 65.3 cm³/mol. The molecule has 0 aliphatic heterocycles. The second-order valence-electron chi connectivity index (χ2n) is 4.20. The van der Waals surface area contributed by atoms with Crippen molar-refractivity contribution in [3.05, 3.63) is 29.6 Å². The average Bonchev–Trinajstić information content (AvgIpc) is 2.29. The van der Waals surface area contributed by atoms with Gasteiger partial charge in [0, 0.05) is 13.2 Å². The van der Waals surface area contributed by atoms with Crippen molar-refractivity contribution in [2.24, 2.45) is 5.92 Å². The summed E-state index contributed by atoms with van der Waals surface area (Å²) in [6.45, 7) is 6.06. The van der Waals surface area contributed by atoms with E-state index in [0.29, 0.717) is 30.3 Å². The van der Waals surface area contributed by atoms with Crippen molar-refractivity contribution in [1.82, 2.24) is 0 Å². The van der Waals surface area contributed by atoms with Crippen molar-refractivity contribution in [3.63, 3.8) is 0 Å². The minimum atomic E-state index is -0.400. The molecule has 0 atom stereocenters. The molecule has 0 unspecified atom stereocenters. The first-order valence-corrected chi connectivity index (χ1v) is 5.64. The van der Waals surface area contributed by atoms with Gasteiger partial charge in [-0.2, -0.15) is 5.26 Å². The highest BCUT2D eigenvalue weighted by Gasteiger charge is 2.02. The molecule has 0 saturated heterocycles. The summed E-state index contributed by atoms with van der Waals surface area (Å²) in [5.74, 6) is 0.110. The fourth-order valence-corrected chi connectivity index (χ4v) is 1.34. The number of nitrogens with one attached hydrogen (secondary N) is 1. The van der Waals surface area contributed by atoms with Crippen LogP contribution in [0.3, 0.4) is 0 Å². The molecule has 1 aromatic carbocycles. The molecular formula is C13H17FN2O. The Hall–Kier alpha value is -1.60. The van der Waals surface area contributed by atoms with E-state index in [2.05, 4.69) is 19.2 Å². The van der Waals surface area contributed by atoms with Crippen LogP contribution in [-0.4, -0.2) is 19.8 Å². The van der Waals surface area contributed by atoms with Gasteiger partial charge < -0.3 is 10.1 Å². The van der Waals surface area contributed by atoms with Crippen LogP contribution in [0.1, 0.15) is 19.4 Å². The normalized spacial score (nSPS) is 10.3. The van der Waals surface area contributed by atoms with E-state index >= 15 is 0 Å². The maximum Gasteiger partial charge on any atom is 0.124 e. The van der Waals surface area contributed by atoms with Crippen LogP contribution in [-0.2, 0) is 4.74 Å². The summed E-state index contributed by atoms with van der Waals surface area (Å²) in [6.07, 6.45) is 0. The number of hydrogen-bond donors (Lipinski definition) is 1. The van der Waals surface area contributed by atoms with Crippen LogP contribution in [0.5, 0.6) is 0 Å². The summed E-state index contributed by atoms with van der Waals surface area (Å²) in [6, 6.07) is 6.07. The Morgan fingerprint density at radius 1 is 1.47 bits per heavy atom. The van der Waals surface area contributed by atoms with Crippen molar-refractivity contribution in [1.29, 1.82) is 5.26 Å². The number of nitriles is 1. The smallest absolute Gasteiger partial charge is 0.124 e. The number of rotatable bonds is 6. The molecular weight excluding hydrogens is 219 g/mol. The molecule has 0 aliphatic carbocycles. The van der Waals surface area contributed by atoms with E-state index in [9.17, 15) is 4.39 Å². The lowest BCUT2D eigenvalue weighted by molar-refractivity contribution is 0.118. The number of ether oxygens (including phenoxy) is 1.